The summed E-state index contributed by atoms with van der Waals surface area (Å²) in [6.07, 6.45) is 0.505. The third-order valence-electron chi connectivity index (χ3n) is 8.09. The van der Waals surface area contributed by atoms with Crippen LogP contribution < -0.4 is 0 Å². The molecule has 1 amide bonds. The number of nitrogens with zero attached hydrogens (tertiary/aromatic N) is 4. The van der Waals surface area contributed by atoms with Gasteiger partial charge in [0.05, 0.1) is 24.3 Å². The Labute approximate surface area is 231 Å². The van der Waals surface area contributed by atoms with Gasteiger partial charge in [-0.25, -0.2) is 0 Å². The molecule has 3 heterocycles. The molecule has 0 radical (unpaired) electrons. The highest BCUT2D eigenvalue weighted by Gasteiger charge is 2.31. The number of Topliss-reactive ketones (excluding diaryl/α,β-unsaturated/α-hetero) is 1. The van der Waals surface area contributed by atoms with Crippen molar-refractivity contribution in [3.63, 3.8) is 0 Å². The fourth-order valence-electron chi connectivity index (χ4n) is 5.67. The largest absolute Gasteiger partial charge is 0.416 e. The van der Waals surface area contributed by atoms with Crippen molar-refractivity contribution in [1.82, 2.24) is 19.6 Å². The van der Waals surface area contributed by atoms with E-state index in [4.69, 9.17) is 9.84 Å². The summed E-state index contributed by atoms with van der Waals surface area (Å²) in [5.74, 6) is 0.243. The highest BCUT2D eigenvalue weighted by molar-refractivity contribution is 6.01. The Kier molecular flexibility index (Phi) is 8.56. The molecule has 3 aromatic rings. The topological polar surface area (TPSA) is 67.7 Å². The lowest BCUT2D eigenvalue weighted by atomic mass is 9.96. The number of morpholine rings is 1. The van der Waals surface area contributed by atoms with Crippen LogP contribution in [0.3, 0.4) is 0 Å². The second-order valence-electron chi connectivity index (χ2n) is 10.8. The molecule has 2 aliphatic heterocycles. The molecule has 1 aromatic heterocycles. The molecule has 2 aliphatic rings. The number of carbonyl (C=O) groups excluding carboxylic acids is 2. The molecule has 0 aliphatic carbocycles. The predicted molar refractivity (Wildman–Crippen MR) is 145 cm³/mol. The van der Waals surface area contributed by atoms with Crippen molar-refractivity contribution in [3.8, 4) is 0 Å². The second kappa shape index (κ2) is 12.1. The standard InChI is InChI=1S/C30H35F3N4O3/c1-21-25(28(38)3-2-12-35-15-17-40-18-16-35)8-9-27-26(21)20-37(34-27)19-22-10-13-36(14-11-22)29(39)23-4-6-24(7-5-23)30(31,32)33/h4-9,20,22H,2-3,10-19H2,1H3. The quantitative estimate of drug-likeness (QED) is 0.357. The number of aryl methyl sites for hydroxylation is 1. The van der Waals surface area contributed by atoms with Crippen LogP contribution >= 0.6 is 0 Å². The lowest BCUT2D eigenvalue weighted by Crippen LogP contribution is -2.39. The molecule has 0 spiro atoms. The van der Waals surface area contributed by atoms with Gasteiger partial charge in [0.25, 0.3) is 5.91 Å². The number of benzene rings is 2. The molecule has 2 aromatic carbocycles. The fourth-order valence-corrected chi connectivity index (χ4v) is 5.67. The minimum absolute atomic E-state index is 0.158. The normalized spacial score (nSPS) is 17.4. The first-order valence-corrected chi connectivity index (χ1v) is 14.0. The Morgan fingerprint density at radius 3 is 2.38 bits per heavy atom. The first kappa shape index (κ1) is 28.3. The molecule has 7 nitrogen and oxygen atoms in total. The maximum atomic E-state index is 13.0. The number of amides is 1. The van der Waals surface area contributed by atoms with Gasteiger partial charge >= 0.3 is 6.18 Å². The number of ether oxygens (including phenoxy) is 1. The number of rotatable bonds is 8. The van der Waals surface area contributed by atoms with Crippen LogP contribution in [-0.4, -0.2) is 77.2 Å². The van der Waals surface area contributed by atoms with E-state index >= 15 is 0 Å². The molecule has 214 valence electrons. The van der Waals surface area contributed by atoms with E-state index in [2.05, 4.69) is 4.90 Å². The van der Waals surface area contributed by atoms with Crippen LogP contribution in [0.2, 0.25) is 0 Å². The van der Waals surface area contributed by atoms with Gasteiger partial charge in [0.1, 0.15) is 0 Å². The van der Waals surface area contributed by atoms with E-state index in [9.17, 15) is 22.8 Å². The number of hydrogen-bond acceptors (Lipinski definition) is 5. The molecule has 2 fully saturated rings. The Bertz CT molecular complexity index is 1340. The average molecular weight is 557 g/mol. The molecule has 10 heteroatoms. The highest BCUT2D eigenvalue weighted by atomic mass is 19.4. The van der Waals surface area contributed by atoms with Crippen molar-refractivity contribution in [2.75, 3.05) is 45.9 Å². The average Bonchev–Trinajstić information content (AvgIpc) is 3.37. The summed E-state index contributed by atoms with van der Waals surface area (Å²) in [6.45, 7) is 8.05. The number of likely N-dealkylation sites (tertiary alicyclic amines) is 1. The molecule has 0 bridgehead atoms. The minimum Gasteiger partial charge on any atom is -0.379 e. The number of halogens is 3. The molecular formula is C30H35F3N4O3. The van der Waals surface area contributed by atoms with Crippen molar-refractivity contribution in [2.45, 2.75) is 45.3 Å². The van der Waals surface area contributed by atoms with Gasteiger partial charge in [-0.05, 0) is 80.6 Å². The van der Waals surface area contributed by atoms with Crippen LogP contribution in [0.25, 0.3) is 10.9 Å². The van der Waals surface area contributed by atoms with Crippen molar-refractivity contribution >= 4 is 22.6 Å². The van der Waals surface area contributed by atoms with E-state index in [1.54, 1.807) is 4.90 Å². The molecule has 2 saturated heterocycles. The smallest absolute Gasteiger partial charge is 0.379 e. The minimum atomic E-state index is -4.42. The maximum absolute atomic E-state index is 13.0. The molecule has 40 heavy (non-hydrogen) atoms. The first-order valence-electron chi connectivity index (χ1n) is 14.0. The molecule has 0 unspecified atom stereocenters. The Morgan fingerprint density at radius 1 is 1.00 bits per heavy atom. The summed E-state index contributed by atoms with van der Waals surface area (Å²) in [7, 11) is 0. The summed E-state index contributed by atoms with van der Waals surface area (Å²) in [5, 5.41) is 5.72. The van der Waals surface area contributed by atoms with Gasteiger partial charge in [-0.15, -0.1) is 0 Å². The lowest BCUT2D eigenvalue weighted by molar-refractivity contribution is -0.137. The lowest BCUT2D eigenvalue weighted by Gasteiger charge is -2.32. The van der Waals surface area contributed by atoms with E-state index in [1.165, 1.54) is 12.1 Å². The van der Waals surface area contributed by atoms with Crippen molar-refractivity contribution in [2.24, 2.45) is 5.92 Å². The second-order valence-corrected chi connectivity index (χ2v) is 10.8. The maximum Gasteiger partial charge on any atom is 0.416 e. The van der Waals surface area contributed by atoms with Gasteiger partial charge in [-0.3, -0.25) is 19.2 Å². The summed E-state index contributed by atoms with van der Waals surface area (Å²) in [5.41, 5.74) is 2.08. The number of hydrogen-bond donors (Lipinski definition) is 0. The van der Waals surface area contributed by atoms with Gasteiger partial charge in [0.2, 0.25) is 0 Å². The monoisotopic (exact) mass is 556 g/mol. The van der Waals surface area contributed by atoms with Gasteiger partial charge in [-0.2, -0.15) is 18.3 Å². The zero-order chi connectivity index (χ0) is 28.3. The van der Waals surface area contributed by atoms with E-state index in [0.717, 1.165) is 86.3 Å². The van der Waals surface area contributed by atoms with Crippen molar-refractivity contribution < 1.29 is 27.5 Å². The summed E-state index contributed by atoms with van der Waals surface area (Å²) in [6, 6.07) is 8.20. The van der Waals surface area contributed by atoms with Crippen LogP contribution in [-0.2, 0) is 17.5 Å². The van der Waals surface area contributed by atoms with Crippen LogP contribution in [0.15, 0.2) is 42.6 Å². The van der Waals surface area contributed by atoms with E-state index in [0.29, 0.717) is 32.0 Å². The van der Waals surface area contributed by atoms with E-state index in [-0.39, 0.29) is 17.3 Å². The number of ketones is 1. The van der Waals surface area contributed by atoms with Gasteiger partial charge in [0.15, 0.2) is 5.78 Å². The number of alkyl halides is 3. The third-order valence-corrected chi connectivity index (χ3v) is 8.09. The van der Waals surface area contributed by atoms with Crippen LogP contribution in [0.5, 0.6) is 0 Å². The summed E-state index contributed by atoms with van der Waals surface area (Å²) >= 11 is 0. The number of piperidine rings is 1. The number of carbonyl (C=O) groups is 2. The fraction of sp³-hybridized carbons (Fsp3) is 0.500. The molecule has 0 N–H and O–H groups in total. The summed E-state index contributed by atoms with van der Waals surface area (Å²) in [4.78, 5) is 29.8. The number of aromatic nitrogens is 2. The van der Waals surface area contributed by atoms with Crippen LogP contribution in [0, 0.1) is 12.8 Å². The van der Waals surface area contributed by atoms with Crippen LogP contribution in [0.4, 0.5) is 13.2 Å². The van der Waals surface area contributed by atoms with Gasteiger partial charge < -0.3 is 9.64 Å². The SMILES string of the molecule is Cc1c(C(=O)CCCN2CCOCC2)ccc2nn(CC3CCN(C(=O)c4ccc(C(F)(F)F)cc4)CC3)cc12. The predicted octanol–water partition coefficient (Wildman–Crippen LogP) is 5.21. The Balaban J connectivity index is 1.14. The van der Waals surface area contributed by atoms with Crippen LogP contribution in [0.1, 0.15) is 57.5 Å². The van der Waals surface area contributed by atoms with Crippen molar-refractivity contribution in [3.05, 3.63) is 64.8 Å². The van der Waals surface area contributed by atoms with Gasteiger partial charge in [0, 0.05) is 61.9 Å². The molecule has 0 saturated carbocycles. The highest BCUT2D eigenvalue weighted by Crippen LogP contribution is 2.30. The summed E-state index contributed by atoms with van der Waals surface area (Å²) < 4.78 is 45.8. The third kappa shape index (κ3) is 6.55. The number of fused-ring (bicyclic) bond motifs is 1. The van der Waals surface area contributed by atoms with E-state index in [1.807, 2.05) is 29.9 Å². The van der Waals surface area contributed by atoms with Crippen molar-refractivity contribution in [1.29, 1.82) is 0 Å². The molecule has 0 atom stereocenters. The molecule has 5 rings (SSSR count). The van der Waals surface area contributed by atoms with Gasteiger partial charge in [-0.1, -0.05) is 0 Å². The van der Waals surface area contributed by atoms with E-state index < -0.39 is 11.7 Å². The Hall–Kier alpha value is -3.24. The zero-order valence-electron chi connectivity index (χ0n) is 22.8. The first-order chi connectivity index (χ1) is 19.2. The zero-order valence-corrected chi connectivity index (χ0v) is 22.8. The molecular weight excluding hydrogens is 521 g/mol. The Morgan fingerprint density at radius 2 is 1.70 bits per heavy atom.